The van der Waals surface area contributed by atoms with E-state index in [-0.39, 0.29) is 11.8 Å². The van der Waals surface area contributed by atoms with E-state index < -0.39 is 0 Å². The molecular formula is C17H16N2O2. The molecule has 0 fully saturated rings. The number of hydrogen-bond donors (Lipinski definition) is 2. The molecule has 2 amide bonds. The van der Waals surface area contributed by atoms with Crippen LogP contribution in [0.2, 0.25) is 0 Å². The Morgan fingerprint density at radius 1 is 1.10 bits per heavy atom. The second kappa shape index (κ2) is 5.05. The van der Waals surface area contributed by atoms with Crippen molar-refractivity contribution >= 4 is 23.2 Å². The van der Waals surface area contributed by atoms with Crippen LogP contribution in [0.15, 0.2) is 36.4 Å². The average Bonchev–Trinajstić information content (AvgIpc) is 2.81. The van der Waals surface area contributed by atoms with Crippen LogP contribution in [-0.2, 0) is 11.2 Å². The van der Waals surface area contributed by atoms with Crippen LogP contribution in [0.25, 0.3) is 0 Å². The summed E-state index contributed by atoms with van der Waals surface area (Å²) >= 11 is 0. The lowest BCUT2D eigenvalue weighted by atomic mass is 10.1. The fraction of sp³-hybridized carbons (Fsp3) is 0.176. The van der Waals surface area contributed by atoms with Gasteiger partial charge in [0.05, 0.1) is 6.42 Å². The van der Waals surface area contributed by atoms with Crippen molar-refractivity contribution in [2.75, 3.05) is 10.6 Å². The molecular weight excluding hydrogens is 264 g/mol. The number of rotatable bonds is 2. The van der Waals surface area contributed by atoms with E-state index in [9.17, 15) is 9.59 Å². The van der Waals surface area contributed by atoms with Crippen molar-refractivity contribution in [2.24, 2.45) is 0 Å². The number of benzene rings is 2. The van der Waals surface area contributed by atoms with Gasteiger partial charge < -0.3 is 10.6 Å². The van der Waals surface area contributed by atoms with Crippen molar-refractivity contribution in [3.63, 3.8) is 0 Å². The van der Waals surface area contributed by atoms with Crippen molar-refractivity contribution in [1.82, 2.24) is 0 Å². The minimum Gasteiger partial charge on any atom is -0.326 e. The number of amides is 2. The first-order valence-corrected chi connectivity index (χ1v) is 6.84. The average molecular weight is 280 g/mol. The summed E-state index contributed by atoms with van der Waals surface area (Å²) in [4.78, 5) is 23.6. The molecule has 1 heterocycles. The predicted molar refractivity (Wildman–Crippen MR) is 82.6 cm³/mol. The maximum absolute atomic E-state index is 12.2. The van der Waals surface area contributed by atoms with E-state index in [1.54, 1.807) is 6.07 Å². The first kappa shape index (κ1) is 13.4. The molecule has 4 heteroatoms. The van der Waals surface area contributed by atoms with E-state index in [0.29, 0.717) is 17.7 Å². The smallest absolute Gasteiger partial charge is 0.255 e. The highest BCUT2D eigenvalue weighted by Gasteiger charge is 2.18. The van der Waals surface area contributed by atoms with E-state index >= 15 is 0 Å². The van der Waals surface area contributed by atoms with E-state index in [4.69, 9.17) is 0 Å². The van der Waals surface area contributed by atoms with E-state index in [2.05, 4.69) is 10.6 Å². The van der Waals surface area contributed by atoms with Gasteiger partial charge in [0.25, 0.3) is 5.91 Å². The fourth-order valence-corrected chi connectivity index (χ4v) is 2.39. The molecule has 0 saturated heterocycles. The van der Waals surface area contributed by atoms with Gasteiger partial charge in [-0.05, 0) is 60.9 Å². The second-order valence-corrected chi connectivity index (χ2v) is 5.35. The van der Waals surface area contributed by atoms with Crippen molar-refractivity contribution in [2.45, 2.75) is 20.3 Å². The lowest BCUT2D eigenvalue weighted by Crippen LogP contribution is -2.12. The number of hydrogen-bond acceptors (Lipinski definition) is 2. The Bertz CT molecular complexity index is 750. The summed E-state index contributed by atoms with van der Waals surface area (Å²) < 4.78 is 0. The highest BCUT2D eigenvalue weighted by Crippen LogP contribution is 2.26. The Balaban J connectivity index is 1.80. The van der Waals surface area contributed by atoms with Crippen LogP contribution in [-0.4, -0.2) is 11.8 Å². The molecule has 0 bridgehead atoms. The Labute approximate surface area is 123 Å². The van der Waals surface area contributed by atoms with E-state index in [0.717, 1.165) is 22.4 Å². The van der Waals surface area contributed by atoms with Crippen LogP contribution < -0.4 is 10.6 Å². The highest BCUT2D eigenvalue weighted by atomic mass is 16.2. The monoisotopic (exact) mass is 280 g/mol. The maximum atomic E-state index is 12.2. The van der Waals surface area contributed by atoms with Gasteiger partial charge in [-0.3, -0.25) is 9.59 Å². The second-order valence-electron chi connectivity index (χ2n) is 5.35. The Morgan fingerprint density at radius 2 is 1.90 bits per heavy atom. The van der Waals surface area contributed by atoms with Gasteiger partial charge in [-0.25, -0.2) is 0 Å². The molecule has 4 nitrogen and oxygen atoms in total. The van der Waals surface area contributed by atoms with Gasteiger partial charge in [-0.1, -0.05) is 6.07 Å². The van der Waals surface area contributed by atoms with Crippen molar-refractivity contribution < 1.29 is 9.59 Å². The third-order valence-corrected chi connectivity index (χ3v) is 3.76. The van der Waals surface area contributed by atoms with Crippen LogP contribution in [0.1, 0.15) is 27.0 Å². The van der Waals surface area contributed by atoms with Crippen LogP contribution in [0, 0.1) is 13.8 Å². The van der Waals surface area contributed by atoms with Crippen LogP contribution in [0.3, 0.4) is 0 Å². The molecule has 1 aliphatic rings. The summed E-state index contributed by atoms with van der Waals surface area (Å²) in [5.74, 6) is -0.155. The van der Waals surface area contributed by atoms with Gasteiger partial charge in [0.15, 0.2) is 0 Å². The van der Waals surface area contributed by atoms with Crippen molar-refractivity contribution in [1.29, 1.82) is 0 Å². The van der Waals surface area contributed by atoms with E-state index in [1.165, 1.54) is 0 Å². The van der Waals surface area contributed by atoms with Gasteiger partial charge in [0.1, 0.15) is 0 Å². The van der Waals surface area contributed by atoms with Crippen LogP contribution in [0.5, 0.6) is 0 Å². The van der Waals surface area contributed by atoms with Gasteiger partial charge in [0.2, 0.25) is 5.91 Å². The van der Waals surface area contributed by atoms with Gasteiger partial charge in [0, 0.05) is 16.9 Å². The topological polar surface area (TPSA) is 58.2 Å². The Kier molecular flexibility index (Phi) is 3.22. The summed E-state index contributed by atoms with van der Waals surface area (Å²) in [6.07, 6.45) is 0.364. The number of carbonyl (C=O) groups excluding carboxylic acids is 2. The quantitative estimate of drug-likeness (QED) is 0.888. The SMILES string of the molecule is Cc1ccc(C(=O)Nc2ccc3c(c2)CC(=O)N3)cc1C. The summed E-state index contributed by atoms with van der Waals surface area (Å²) in [5.41, 5.74) is 5.32. The predicted octanol–water partition coefficient (Wildman–Crippen LogP) is 3.05. The lowest BCUT2D eigenvalue weighted by molar-refractivity contribution is -0.115. The molecule has 2 aromatic rings. The minimum absolute atomic E-state index is 0.0114. The zero-order valence-electron chi connectivity index (χ0n) is 12.0. The van der Waals surface area contributed by atoms with Gasteiger partial charge >= 0.3 is 0 Å². The number of aryl methyl sites for hydroxylation is 2. The van der Waals surface area contributed by atoms with Crippen molar-refractivity contribution in [3.05, 3.63) is 58.7 Å². The first-order valence-electron chi connectivity index (χ1n) is 6.84. The third kappa shape index (κ3) is 2.65. The molecule has 0 saturated carbocycles. The van der Waals surface area contributed by atoms with Gasteiger partial charge in [-0.15, -0.1) is 0 Å². The molecule has 0 atom stereocenters. The largest absolute Gasteiger partial charge is 0.326 e. The molecule has 0 radical (unpaired) electrons. The maximum Gasteiger partial charge on any atom is 0.255 e. The zero-order valence-corrected chi connectivity index (χ0v) is 12.0. The zero-order chi connectivity index (χ0) is 15.0. The Morgan fingerprint density at radius 3 is 2.67 bits per heavy atom. The molecule has 2 N–H and O–H groups in total. The normalized spacial score (nSPS) is 12.8. The van der Waals surface area contributed by atoms with E-state index in [1.807, 2.05) is 44.2 Å². The third-order valence-electron chi connectivity index (χ3n) is 3.76. The lowest BCUT2D eigenvalue weighted by Gasteiger charge is -2.08. The number of nitrogens with one attached hydrogen (secondary N) is 2. The first-order chi connectivity index (χ1) is 10.0. The van der Waals surface area contributed by atoms with Crippen LogP contribution >= 0.6 is 0 Å². The minimum atomic E-state index is -0.143. The summed E-state index contributed by atoms with van der Waals surface area (Å²) in [6, 6.07) is 11.1. The highest BCUT2D eigenvalue weighted by molar-refractivity contribution is 6.05. The van der Waals surface area contributed by atoms with Crippen molar-refractivity contribution in [3.8, 4) is 0 Å². The molecule has 1 aliphatic heterocycles. The molecule has 3 rings (SSSR count). The van der Waals surface area contributed by atoms with Crippen LogP contribution in [0.4, 0.5) is 11.4 Å². The number of fused-ring (bicyclic) bond motifs is 1. The molecule has 0 aromatic heterocycles. The molecule has 0 unspecified atom stereocenters. The summed E-state index contributed by atoms with van der Waals surface area (Å²) in [7, 11) is 0. The summed E-state index contributed by atoms with van der Waals surface area (Å²) in [6.45, 7) is 4.00. The number of carbonyl (C=O) groups is 2. The fourth-order valence-electron chi connectivity index (χ4n) is 2.39. The Hall–Kier alpha value is -2.62. The number of anilines is 2. The molecule has 2 aromatic carbocycles. The molecule has 106 valence electrons. The standard InChI is InChI=1S/C17H16N2O2/c1-10-3-4-12(7-11(10)2)17(21)18-14-5-6-15-13(8-14)9-16(20)19-15/h3-8H,9H2,1-2H3,(H,18,21)(H,19,20). The summed E-state index contributed by atoms with van der Waals surface area (Å²) in [5, 5.41) is 5.64. The molecule has 0 aliphatic carbocycles. The molecule has 21 heavy (non-hydrogen) atoms. The van der Waals surface area contributed by atoms with Gasteiger partial charge in [-0.2, -0.15) is 0 Å². The molecule has 0 spiro atoms.